The van der Waals surface area contributed by atoms with Crippen LogP contribution >= 0.6 is 11.3 Å². The van der Waals surface area contributed by atoms with Gasteiger partial charge in [-0.1, -0.05) is 0 Å². The van der Waals surface area contributed by atoms with Gasteiger partial charge in [-0.2, -0.15) is 0 Å². The number of benzene rings is 1. The lowest BCUT2D eigenvalue weighted by molar-refractivity contribution is -0.125. The lowest BCUT2D eigenvalue weighted by atomic mass is 9.84. The van der Waals surface area contributed by atoms with Crippen LogP contribution in [0, 0.1) is 11.3 Å². The summed E-state index contributed by atoms with van der Waals surface area (Å²) >= 11 is 1.76. The Hall–Kier alpha value is -3.04. The maximum absolute atomic E-state index is 12.0. The first kappa shape index (κ1) is 21.8. The number of nitrogens with zero attached hydrogens (tertiary/aromatic N) is 2. The molecule has 2 aliphatic rings. The number of hydrogen-bond donors (Lipinski definition) is 4. The number of carbonyl (C=O) groups is 1. The van der Waals surface area contributed by atoms with Crippen molar-refractivity contribution in [3.63, 3.8) is 0 Å². The Morgan fingerprint density at radius 2 is 2.21 bits per heavy atom. The summed E-state index contributed by atoms with van der Waals surface area (Å²) in [6.45, 7) is 1.29. The number of nitrogen functional groups attached to an aromatic ring is 1. The van der Waals surface area contributed by atoms with Gasteiger partial charge in [-0.05, 0) is 61.8 Å². The maximum Gasteiger partial charge on any atom is 0.220 e. The molecule has 33 heavy (non-hydrogen) atoms. The van der Waals surface area contributed by atoms with E-state index in [2.05, 4.69) is 20.6 Å². The number of hydrogen-bond acceptors (Lipinski definition) is 8. The number of nitrogens with one attached hydrogen (secondary N) is 3. The molecule has 5 N–H and O–H groups in total. The largest absolute Gasteiger partial charge is 0.398 e. The zero-order chi connectivity index (χ0) is 22.8. The molecule has 1 aliphatic carbocycles. The van der Waals surface area contributed by atoms with Crippen LogP contribution in [0.2, 0.25) is 0 Å². The highest BCUT2D eigenvalue weighted by Crippen LogP contribution is 2.41. The number of aryl methyl sites for hydroxylation is 1. The van der Waals surface area contributed by atoms with Gasteiger partial charge in [0.25, 0.3) is 0 Å². The molecule has 3 aromatic rings. The molecule has 0 bridgehead atoms. The van der Waals surface area contributed by atoms with Crippen LogP contribution in [-0.2, 0) is 22.4 Å². The van der Waals surface area contributed by atoms with Gasteiger partial charge in [0.2, 0.25) is 5.91 Å². The monoisotopic (exact) mass is 464 g/mol. The molecule has 0 saturated carbocycles. The first-order valence-corrected chi connectivity index (χ1v) is 12.2. The van der Waals surface area contributed by atoms with Crippen molar-refractivity contribution in [2.45, 2.75) is 44.6 Å². The number of amides is 1. The summed E-state index contributed by atoms with van der Waals surface area (Å²) in [6, 6.07) is 5.77. The Kier molecular flexibility index (Phi) is 6.24. The molecule has 9 heteroatoms. The molecule has 1 aromatic carbocycles. The Bertz CT molecular complexity index is 1190. The highest BCUT2D eigenvalue weighted by atomic mass is 32.1. The Morgan fingerprint density at radius 1 is 1.33 bits per heavy atom. The van der Waals surface area contributed by atoms with Crippen molar-refractivity contribution in [3.8, 4) is 0 Å². The van der Waals surface area contributed by atoms with Crippen molar-refractivity contribution in [3.05, 3.63) is 40.5 Å². The summed E-state index contributed by atoms with van der Waals surface area (Å²) in [5, 5.41) is 15.1. The van der Waals surface area contributed by atoms with Crippen molar-refractivity contribution in [1.29, 1.82) is 5.41 Å². The van der Waals surface area contributed by atoms with E-state index in [9.17, 15) is 4.79 Å². The Labute approximate surface area is 196 Å². The van der Waals surface area contributed by atoms with Crippen LogP contribution in [0.15, 0.2) is 24.5 Å². The lowest BCUT2D eigenvalue weighted by Crippen LogP contribution is -2.48. The predicted octanol–water partition coefficient (Wildman–Crippen LogP) is 3.80. The number of thiophene rings is 1. The standard InChI is InChI=1S/C24H28N6O2S/c25-10-15-9-16(5-7-19(15)26)30-23-22-18-6-4-14(8-20(18)33-24(22)28-13-27-23)2-1-3-21(31)29-17-11-32-12-17/h5,7,9-10,13-14,17,25H,1-4,6,8,11-12,26H2,(H,29,31)(H,27,28,30). The maximum atomic E-state index is 12.0. The van der Waals surface area contributed by atoms with E-state index < -0.39 is 0 Å². The number of ether oxygens (including phenoxy) is 1. The molecular weight excluding hydrogens is 436 g/mol. The third-order valence-corrected chi connectivity index (χ3v) is 7.63. The minimum Gasteiger partial charge on any atom is -0.398 e. The van der Waals surface area contributed by atoms with Gasteiger partial charge >= 0.3 is 0 Å². The van der Waals surface area contributed by atoms with Crippen LogP contribution in [0.1, 0.15) is 41.7 Å². The number of fused-ring (bicyclic) bond motifs is 3. The second kappa shape index (κ2) is 9.44. The van der Waals surface area contributed by atoms with Gasteiger partial charge in [-0.25, -0.2) is 9.97 Å². The fourth-order valence-electron chi connectivity index (χ4n) is 4.60. The van der Waals surface area contributed by atoms with E-state index >= 15 is 0 Å². The molecule has 1 aliphatic heterocycles. The Morgan fingerprint density at radius 3 is 3.00 bits per heavy atom. The van der Waals surface area contributed by atoms with E-state index in [0.717, 1.165) is 53.8 Å². The molecule has 0 spiro atoms. The van der Waals surface area contributed by atoms with Gasteiger partial charge in [0.15, 0.2) is 0 Å². The zero-order valence-corrected chi connectivity index (χ0v) is 19.2. The molecule has 1 unspecified atom stereocenters. The van der Waals surface area contributed by atoms with Crippen LogP contribution in [0.5, 0.6) is 0 Å². The van der Waals surface area contributed by atoms with E-state index in [1.165, 1.54) is 16.7 Å². The highest BCUT2D eigenvalue weighted by Gasteiger charge is 2.26. The van der Waals surface area contributed by atoms with Gasteiger partial charge in [-0.15, -0.1) is 11.3 Å². The quantitative estimate of drug-likeness (QED) is 0.297. The third kappa shape index (κ3) is 4.69. The number of rotatable bonds is 8. The van der Waals surface area contributed by atoms with E-state index in [1.54, 1.807) is 23.7 Å². The molecule has 3 heterocycles. The Balaban J connectivity index is 1.26. The summed E-state index contributed by atoms with van der Waals surface area (Å²) in [7, 11) is 0. The topological polar surface area (TPSA) is 126 Å². The minimum absolute atomic E-state index is 0.140. The number of anilines is 3. The van der Waals surface area contributed by atoms with Crippen molar-refractivity contribution >= 4 is 50.9 Å². The molecule has 172 valence electrons. The van der Waals surface area contributed by atoms with Gasteiger partial charge < -0.3 is 26.5 Å². The van der Waals surface area contributed by atoms with E-state index in [0.29, 0.717) is 36.8 Å². The molecular formula is C24H28N6O2S. The number of carbonyl (C=O) groups excluding carboxylic acids is 1. The predicted molar refractivity (Wildman–Crippen MR) is 132 cm³/mol. The van der Waals surface area contributed by atoms with Crippen molar-refractivity contribution in [2.24, 2.45) is 5.92 Å². The van der Waals surface area contributed by atoms with Crippen molar-refractivity contribution < 1.29 is 9.53 Å². The van der Waals surface area contributed by atoms with Gasteiger partial charge in [0.1, 0.15) is 17.0 Å². The van der Waals surface area contributed by atoms with Crippen LogP contribution in [-0.4, -0.2) is 41.3 Å². The van der Waals surface area contributed by atoms with E-state index in [1.807, 2.05) is 12.1 Å². The molecule has 1 atom stereocenters. The zero-order valence-electron chi connectivity index (χ0n) is 18.4. The van der Waals surface area contributed by atoms with Crippen molar-refractivity contribution in [1.82, 2.24) is 15.3 Å². The van der Waals surface area contributed by atoms with E-state index in [4.69, 9.17) is 15.9 Å². The molecule has 1 fully saturated rings. The fraction of sp³-hybridized carbons (Fsp3) is 0.417. The molecule has 2 aromatic heterocycles. The second-order valence-corrected chi connectivity index (χ2v) is 9.91. The van der Waals surface area contributed by atoms with E-state index in [-0.39, 0.29) is 11.9 Å². The summed E-state index contributed by atoms with van der Waals surface area (Å²) in [6.07, 6.45) is 8.59. The van der Waals surface area contributed by atoms with Crippen LogP contribution in [0.3, 0.4) is 0 Å². The summed E-state index contributed by atoms with van der Waals surface area (Å²) in [4.78, 5) is 23.5. The van der Waals surface area contributed by atoms with Crippen molar-refractivity contribution in [2.75, 3.05) is 24.3 Å². The van der Waals surface area contributed by atoms with Gasteiger partial charge in [0, 0.05) is 34.5 Å². The molecule has 0 radical (unpaired) electrons. The molecule has 5 rings (SSSR count). The van der Waals surface area contributed by atoms with Crippen LogP contribution in [0.25, 0.3) is 10.2 Å². The van der Waals surface area contributed by atoms with Crippen LogP contribution < -0.4 is 16.4 Å². The van der Waals surface area contributed by atoms with Crippen LogP contribution in [0.4, 0.5) is 17.2 Å². The average Bonchev–Trinajstić information content (AvgIpc) is 3.16. The van der Waals surface area contributed by atoms with Gasteiger partial charge in [-0.3, -0.25) is 4.79 Å². The molecule has 1 saturated heterocycles. The molecule has 1 amide bonds. The lowest BCUT2D eigenvalue weighted by Gasteiger charge is -2.27. The normalized spacial score (nSPS) is 17.9. The fourth-order valence-corrected chi connectivity index (χ4v) is 5.91. The third-order valence-electron chi connectivity index (χ3n) is 6.47. The SMILES string of the molecule is N=Cc1cc(Nc2ncnc3sc4c(c23)CCC(CCCC(=O)NC2COC2)C4)ccc1N. The summed E-state index contributed by atoms with van der Waals surface area (Å²) in [5.74, 6) is 1.54. The second-order valence-electron chi connectivity index (χ2n) is 8.82. The number of aromatic nitrogens is 2. The van der Waals surface area contributed by atoms with Gasteiger partial charge in [0.05, 0.1) is 24.6 Å². The summed E-state index contributed by atoms with van der Waals surface area (Å²) in [5.41, 5.74) is 9.38. The summed E-state index contributed by atoms with van der Waals surface area (Å²) < 4.78 is 5.11. The minimum atomic E-state index is 0.140. The first-order valence-electron chi connectivity index (χ1n) is 11.4. The first-order chi connectivity index (χ1) is 16.1. The highest BCUT2D eigenvalue weighted by molar-refractivity contribution is 7.19. The number of nitrogens with two attached hydrogens (primary N) is 1. The average molecular weight is 465 g/mol. The molecule has 8 nitrogen and oxygen atoms in total. The smallest absolute Gasteiger partial charge is 0.220 e.